The third kappa shape index (κ3) is 5.68. The first-order chi connectivity index (χ1) is 20.4. The second-order valence-electron chi connectivity index (χ2n) is 10.5. The molecule has 42 heavy (non-hydrogen) atoms. The van der Waals surface area contributed by atoms with Gasteiger partial charge < -0.3 is 14.2 Å². The fraction of sp³-hybridized carbons (Fsp3) is 0.406. The Labute approximate surface area is 250 Å². The molecule has 5 rings (SSSR count). The summed E-state index contributed by atoms with van der Waals surface area (Å²) in [4.78, 5) is 19.3. The van der Waals surface area contributed by atoms with Crippen LogP contribution in [0.25, 0.3) is 16.9 Å². The fourth-order valence-electron chi connectivity index (χ4n) is 5.63. The average Bonchev–Trinajstić information content (AvgIpc) is 3.50. The van der Waals surface area contributed by atoms with Crippen molar-refractivity contribution in [2.24, 2.45) is 23.1 Å². The summed E-state index contributed by atoms with van der Waals surface area (Å²) in [6.45, 7) is 4.16. The number of ether oxygens (including phenoxy) is 3. The Bertz CT molecular complexity index is 1680. The van der Waals surface area contributed by atoms with Crippen molar-refractivity contribution in [1.82, 2.24) is 14.0 Å². The number of hydrogen-bond donors (Lipinski definition) is 0. The van der Waals surface area contributed by atoms with Crippen molar-refractivity contribution in [3.05, 3.63) is 68.7 Å². The standard InChI is InChI=1S/C32H39N5O4S/c1-7-11-22-14-16-24(17-15-22)34-36-26(23-18-27(39-4)30(41-6)28(19-23)40-5)20-42-32(36)33-29-21(2)35(3)37(31(29)38)25-12-9-8-10-13-25/h8-10,12-13,18-20,22H,7,11,14-17H2,1-6H3. The maximum atomic E-state index is 13.7. The number of methoxy groups -OCH3 is 3. The molecule has 2 heterocycles. The van der Waals surface area contributed by atoms with E-state index in [2.05, 4.69) is 6.92 Å². The van der Waals surface area contributed by atoms with Gasteiger partial charge in [-0.1, -0.05) is 38.0 Å². The van der Waals surface area contributed by atoms with E-state index in [0.29, 0.717) is 27.7 Å². The molecule has 2 aromatic heterocycles. The van der Waals surface area contributed by atoms with Crippen LogP contribution in [0.1, 0.15) is 51.1 Å². The predicted molar refractivity (Wildman–Crippen MR) is 168 cm³/mol. The zero-order valence-electron chi connectivity index (χ0n) is 25.2. The van der Waals surface area contributed by atoms with E-state index in [1.807, 2.05) is 71.2 Å². The highest BCUT2D eigenvalue weighted by atomic mass is 32.1. The van der Waals surface area contributed by atoms with Crippen LogP contribution in [-0.4, -0.2) is 41.1 Å². The van der Waals surface area contributed by atoms with E-state index in [-0.39, 0.29) is 5.56 Å². The summed E-state index contributed by atoms with van der Waals surface area (Å²) in [6, 6.07) is 13.4. The average molecular weight is 590 g/mol. The molecule has 2 aromatic carbocycles. The molecular weight excluding hydrogens is 550 g/mol. The van der Waals surface area contributed by atoms with Crippen molar-refractivity contribution < 1.29 is 14.2 Å². The summed E-state index contributed by atoms with van der Waals surface area (Å²) < 4.78 is 22.2. The predicted octanol–water partition coefficient (Wildman–Crippen LogP) is 6.47. The highest BCUT2D eigenvalue weighted by Gasteiger charge is 2.21. The SMILES string of the molecule is CCCC1CCC(=Nn2c(-c3cc(OC)c(OC)c(OC)c3)csc2=Nc2c(C)n(C)n(-c3ccccc3)c2=O)CC1. The van der Waals surface area contributed by atoms with Gasteiger partial charge in [-0.3, -0.25) is 9.48 Å². The lowest BCUT2D eigenvalue weighted by molar-refractivity contribution is 0.324. The molecule has 4 aromatic rings. The molecule has 1 aliphatic carbocycles. The van der Waals surface area contributed by atoms with Crippen molar-refractivity contribution in [2.75, 3.05) is 21.3 Å². The van der Waals surface area contributed by atoms with Crippen LogP contribution in [0.15, 0.2) is 62.7 Å². The summed E-state index contributed by atoms with van der Waals surface area (Å²) in [6.07, 6.45) is 6.66. The molecular formula is C32H39N5O4S. The lowest BCUT2D eigenvalue weighted by atomic mass is 9.85. The minimum atomic E-state index is -0.178. The van der Waals surface area contributed by atoms with E-state index in [9.17, 15) is 4.79 Å². The second-order valence-corrected chi connectivity index (χ2v) is 11.4. The van der Waals surface area contributed by atoms with Crippen molar-refractivity contribution >= 4 is 22.7 Å². The summed E-state index contributed by atoms with van der Waals surface area (Å²) in [7, 11) is 6.68. The number of nitrogens with zero attached hydrogens (tertiary/aromatic N) is 5. The number of benzene rings is 2. The molecule has 0 atom stereocenters. The topological polar surface area (TPSA) is 84.3 Å². The van der Waals surface area contributed by atoms with Crippen LogP contribution in [0.4, 0.5) is 5.69 Å². The molecule has 0 radical (unpaired) electrons. The Morgan fingerprint density at radius 2 is 1.67 bits per heavy atom. The molecule has 0 bridgehead atoms. The van der Waals surface area contributed by atoms with E-state index >= 15 is 0 Å². The van der Waals surface area contributed by atoms with Gasteiger partial charge >= 0.3 is 0 Å². The molecule has 0 spiro atoms. The van der Waals surface area contributed by atoms with Crippen LogP contribution < -0.4 is 24.6 Å². The maximum Gasteiger partial charge on any atom is 0.297 e. The number of aromatic nitrogens is 3. The first-order valence-corrected chi connectivity index (χ1v) is 15.2. The van der Waals surface area contributed by atoms with Crippen LogP contribution in [0.2, 0.25) is 0 Å². The molecule has 0 amide bonds. The van der Waals surface area contributed by atoms with Gasteiger partial charge in [-0.2, -0.15) is 5.10 Å². The van der Waals surface area contributed by atoms with Gasteiger partial charge in [-0.25, -0.2) is 14.4 Å². The van der Waals surface area contributed by atoms with Crippen LogP contribution >= 0.6 is 11.3 Å². The van der Waals surface area contributed by atoms with Crippen molar-refractivity contribution in [1.29, 1.82) is 0 Å². The Balaban J connectivity index is 1.69. The van der Waals surface area contributed by atoms with Gasteiger partial charge in [-0.05, 0) is 62.8 Å². The zero-order chi connectivity index (χ0) is 29.8. The van der Waals surface area contributed by atoms with Gasteiger partial charge in [0, 0.05) is 23.7 Å². The fourth-order valence-corrected chi connectivity index (χ4v) is 6.46. The van der Waals surface area contributed by atoms with Crippen LogP contribution in [0.3, 0.4) is 0 Å². The van der Waals surface area contributed by atoms with Gasteiger partial charge in [0.25, 0.3) is 5.56 Å². The minimum Gasteiger partial charge on any atom is -0.493 e. The van der Waals surface area contributed by atoms with E-state index in [0.717, 1.165) is 60.0 Å². The normalized spacial score (nSPS) is 15.6. The summed E-state index contributed by atoms with van der Waals surface area (Å²) in [5, 5.41) is 7.18. The molecule has 1 saturated carbocycles. The molecule has 0 aliphatic heterocycles. The Hall–Kier alpha value is -4.05. The molecule has 1 aliphatic rings. The van der Waals surface area contributed by atoms with E-state index in [1.54, 1.807) is 26.0 Å². The Morgan fingerprint density at radius 3 is 2.26 bits per heavy atom. The number of para-hydroxylation sites is 1. The molecule has 0 unspecified atom stereocenters. The highest BCUT2D eigenvalue weighted by Crippen LogP contribution is 2.41. The van der Waals surface area contributed by atoms with Crippen LogP contribution in [0.5, 0.6) is 17.2 Å². The number of thiazole rings is 1. The molecule has 9 nitrogen and oxygen atoms in total. The minimum absolute atomic E-state index is 0.178. The zero-order valence-corrected chi connectivity index (χ0v) is 26.0. The van der Waals surface area contributed by atoms with E-state index in [4.69, 9.17) is 24.3 Å². The monoisotopic (exact) mass is 589 g/mol. The molecule has 1 fully saturated rings. The third-order valence-corrected chi connectivity index (χ3v) is 8.81. The lowest BCUT2D eigenvalue weighted by Crippen LogP contribution is -2.20. The molecule has 0 saturated heterocycles. The first-order valence-electron chi connectivity index (χ1n) is 14.4. The maximum absolute atomic E-state index is 13.7. The Morgan fingerprint density at radius 1 is 1.00 bits per heavy atom. The summed E-state index contributed by atoms with van der Waals surface area (Å²) in [5.41, 5.74) is 4.59. The van der Waals surface area contributed by atoms with Crippen LogP contribution in [0, 0.1) is 12.8 Å². The van der Waals surface area contributed by atoms with Gasteiger partial charge in [0.1, 0.15) is 0 Å². The number of rotatable bonds is 9. The van der Waals surface area contributed by atoms with Crippen LogP contribution in [-0.2, 0) is 7.05 Å². The van der Waals surface area contributed by atoms with Gasteiger partial charge in [0.15, 0.2) is 17.2 Å². The molecule has 222 valence electrons. The lowest BCUT2D eigenvalue weighted by Gasteiger charge is -2.22. The highest BCUT2D eigenvalue weighted by molar-refractivity contribution is 7.07. The summed E-state index contributed by atoms with van der Waals surface area (Å²) >= 11 is 1.45. The van der Waals surface area contributed by atoms with Crippen molar-refractivity contribution in [3.8, 4) is 34.2 Å². The third-order valence-electron chi connectivity index (χ3n) is 8.00. The second kappa shape index (κ2) is 12.9. The van der Waals surface area contributed by atoms with Crippen molar-refractivity contribution in [3.63, 3.8) is 0 Å². The van der Waals surface area contributed by atoms with E-state index in [1.165, 1.54) is 24.2 Å². The smallest absolute Gasteiger partial charge is 0.297 e. The Kier molecular flexibility index (Phi) is 9.01. The number of hydrogen-bond acceptors (Lipinski definition) is 7. The summed E-state index contributed by atoms with van der Waals surface area (Å²) in [5.74, 6) is 2.39. The largest absolute Gasteiger partial charge is 0.493 e. The molecule has 0 N–H and O–H groups in total. The van der Waals surface area contributed by atoms with E-state index < -0.39 is 0 Å². The van der Waals surface area contributed by atoms with Crippen molar-refractivity contribution in [2.45, 2.75) is 52.4 Å². The van der Waals surface area contributed by atoms with Gasteiger partial charge in [0.2, 0.25) is 10.6 Å². The molecule has 10 heteroatoms. The van der Waals surface area contributed by atoms with Gasteiger partial charge in [0.05, 0.1) is 38.4 Å². The quantitative estimate of drug-likeness (QED) is 0.224. The van der Waals surface area contributed by atoms with Gasteiger partial charge in [-0.15, -0.1) is 11.3 Å². The first kappa shape index (κ1) is 29.4.